The fraction of sp³-hybridized carbons (Fsp3) is 0.200. The summed E-state index contributed by atoms with van der Waals surface area (Å²) in [7, 11) is 0. The fourth-order valence-corrected chi connectivity index (χ4v) is 3.56. The first kappa shape index (κ1) is 17.2. The van der Waals surface area contributed by atoms with Crippen molar-refractivity contribution in [3.05, 3.63) is 43.0 Å². The summed E-state index contributed by atoms with van der Waals surface area (Å²) in [6, 6.07) is 8.21. The van der Waals surface area contributed by atoms with E-state index in [1.165, 1.54) is 12.0 Å². The van der Waals surface area contributed by atoms with Gasteiger partial charge in [-0.3, -0.25) is 5.10 Å². The topological polar surface area (TPSA) is 114 Å². The van der Waals surface area contributed by atoms with Gasteiger partial charge in [-0.15, -0.1) is 0 Å². The summed E-state index contributed by atoms with van der Waals surface area (Å²) < 4.78 is 0. The van der Waals surface area contributed by atoms with Crippen molar-refractivity contribution < 1.29 is 0 Å². The zero-order valence-electron chi connectivity index (χ0n) is 16.2. The van der Waals surface area contributed by atoms with Gasteiger partial charge in [0, 0.05) is 31.2 Å². The number of nitrogens with one attached hydrogen (secondary N) is 4. The van der Waals surface area contributed by atoms with Gasteiger partial charge in [0.15, 0.2) is 11.5 Å². The Morgan fingerprint density at radius 1 is 1.10 bits per heavy atom. The average Bonchev–Trinajstić information content (AvgIpc) is 3.47. The maximum atomic E-state index is 4.73. The Kier molecular flexibility index (Phi) is 4.12. The zero-order valence-corrected chi connectivity index (χ0v) is 16.2. The molecule has 5 aromatic rings. The van der Waals surface area contributed by atoms with Gasteiger partial charge in [0.2, 0.25) is 0 Å². The summed E-state index contributed by atoms with van der Waals surface area (Å²) in [5.41, 5.74) is 5.32. The van der Waals surface area contributed by atoms with Gasteiger partial charge in [-0.25, -0.2) is 15.0 Å². The third kappa shape index (κ3) is 2.96. The third-order valence-corrected chi connectivity index (χ3v) is 5.07. The van der Waals surface area contributed by atoms with E-state index < -0.39 is 0 Å². The number of imidazole rings is 1. The van der Waals surface area contributed by atoms with Crippen molar-refractivity contribution in [2.45, 2.75) is 13.8 Å². The van der Waals surface area contributed by atoms with Crippen LogP contribution in [0.15, 0.2) is 43.0 Å². The molecular formula is C20H21N9. The number of benzene rings is 1. The molecule has 9 nitrogen and oxygen atoms in total. The second kappa shape index (κ2) is 6.93. The Hall–Kier alpha value is -3.88. The molecule has 146 valence electrons. The number of aromatic amines is 3. The summed E-state index contributed by atoms with van der Waals surface area (Å²) >= 11 is 0. The molecule has 0 fully saturated rings. The molecule has 29 heavy (non-hydrogen) atoms. The number of aromatic nitrogens is 7. The van der Waals surface area contributed by atoms with E-state index in [0.717, 1.165) is 40.8 Å². The SMILES string of the molecule is CCN(CC)c1ccc2nc(-c3n[nH]cc3Nc3ncnc4[nH]ccc34)[nH]c2c1. The molecule has 0 aliphatic heterocycles. The number of hydrogen-bond acceptors (Lipinski definition) is 6. The summed E-state index contributed by atoms with van der Waals surface area (Å²) in [4.78, 5) is 22.1. The van der Waals surface area contributed by atoms with Gasteiger partial charge in [-0.2, -0.15) is 5.10 Å². The van der Waals surface area contributed by atoms with E-state index >= 15 is 0 Å². The molecule has 9 heteroatoms. The van der Waals surface area contributed by atoms with Crippen LogP contribution in [-0.2, 0) is 0 Å². The number of H-pyrrole nitrogens is 3. The molecule has 0 aliphatic carbocycles. The highest BCUT2D eigenvalue weighted by atomic mass is 15.2. The molecule has 4 aromatic heterocycles. The predicted molar refractivity (Wildman–Crippen MR) is 114 cm³/mol. The number of anilines is 3. The van der Waals surface area contributed by atoms with Crippen molar-refractivity contribution in [1.82, 2.24) is 35.1 Å². The molecule has 0 amide bonds. The average molecular weight is 387 g/mol. The molecular weight excluding hydrogens is 366 g/mol. The molecule has 1 aromatic carbocycles. The number of fused-ring (bicyclic) bond motifs is 2. The van der Waals surface area contributed by atoms with Gasteiger partial charge >= 0.3 is 0 Å². The van der Waals surface area contributed by atoms with E-state index in [1.807, 2.05) is 18.3 Å². The molecule has 0 unspecified atom stereocenters. The van der Waals surface area contributed by atoms with E-state index in [1.54, 1.807) is 6.20 Å². The van der Waals surface area contributed by atoms with E-state index in [2.05, 4.69) is 66.3 Å². The van der Waals surface area contributed by atoms with Gasteiger partial charge in [-0.05, 0) is 38.1 Å². The lowest BCUT2D eigenvalue weighted by molar-refractivity contribution is 0.867. The summed E-state index contributed by atoms with van der Waals surface area (Å²) in [5.74, 6) is 1.40. The van der Waals surface area contributed by atoms with E-state index in [-0.39, 0.29) is 0 Å². The summed E-state index contributed by atoms with van der Waals surface area (Å²) in [6.07, 6.45) is 5.16. The predicted octanol–water partition coefficient (Wildman–Crippen LogP) is 3.81. The smallest absolute Gasteiger partial charge is 0.161 e. The first-order chi connectivity index (χ1) is 14.3. The van der Waals surface area contributed by atoms with Crippen molar-refractivity contribution >= 4 is 39.3 Å². The zero-order chi connectivity index (χ0) is 19.8. The van der Waals surface area contributed by atoms with Crippen molar-refractivity contribution in [2.24, 2.45) is 0 Å². The second-order valence-electron chi connectivity index (χ2n) is 6.69. The maximum absolute atomic E-state index is 4.73. The second-order valence-corrected chi connectivity index (χ2v) is 6.69. The Morgan fingerprint density at radius 2 is 2.00 bits per heavy atom. The van der Waals surface area contributed by atoms with Gasteiger partial charge in [0.05, 0.1) is 22.1 Å². The lowest BCUT2D eigenvalue weighted by Gasteiger charge is -2.20. The Labute approximate surface area is 166 Å². The first-order valence-electron chi connectivity index (χ1n) is 9.60. The minimum atomic E-state index is 0.694. The Bertz CT molecular complexity index is 1280. The maximum Gasteiger partial charge on any atom is 0.161 e. The Balaban J connectivity index is 1.51. The minimum Gasteiger partial charge on any atom is -0.372 e. The van der Waals surface area contributed by atoms with Crippen LogP contribution >= 0.6 is 0 Å². The summed E-state index contributed by atoms with van der Waals surface area (Å²) in [5, 5.41) is 11.6. The minimum absolute atomic E-state index is 0.694. The fourth-order valence-electron chi connectivity index (χ4n) is 3.56. The normalized spacial score (nSPS) is 11.4. The molecule has 0 bridgehead atoms. The lowest BCUT2D eigenvalue weighted by Crippen LogP contribution is -2.21. The van der Waals surface area contributed by atoms with Crippen LogP contribution in [0.4, 0.5) is 17.2 Å². The van der Waals surface area contributed by atoms with Gasteiger partial charge < -0.3 is 20.2 Å². The molecule has 4 N–H and O–H groups in total. The summed E-state index contributed by atoms with van der Waals surface area (Å²) in [6.45, 7) is 6.23. The first-order valence-corrected chi connectivity index (χ1v) is 9.60. The van der Waals surface area contributed by atoms with Gasteiger partial charge in [0.25, 0.3) is 0 Å². The molecule has 0 saturated carbocycles. The van der Waals surface area contributed by atoms with Crippen molar-refractivity contribution in [2.75, 3.05) is 23.3 Å². The molecule has 4 heterocycles. The van der Waals surface area contributed by atoms with Gasteiger partial charge in [-0.1, -0.05) is 0 Å². The van der Waals surface area contributed by atoms with Crippen LogP contribution in [-0.4, -0.2) is 48.2 Å². The van der Waals surface area contributed by atoms with Crippen LogP contribution in [0.5, 0.6) is 0 Å². The molecule has 0 saturated heterocycles. The number of hydrogen-bond donors (Lipinski definition) is 4. The molecule has 0 spiro atoms. The Morgan fingerprint density at radius 3 is 2.86 bits per heavy atom. The highest BCUT2D eigenvalue weighted by Gasteiger charge is 2.15. The van der Waals surface area contributed by atoms with E-state index in [4.69, 9.17) is 4.98 Å². The van der Waals surface area contributed by atoms with E-state index in [0.29, 0.717) is 17.3 Å². The van der Waals surface area contributed by atoms with Crippen LogP contribution in [0.1, 0.15) is 13.8 Å². The molecule has 0 radical (unpaired) electrons. The third-order valence-electron chi connectivity index (χ3n) is 5.07. The number of nitrogens with zero attached hydrogens (tertiary/aromatic N) is 5. The van der Waals surface area contributed by atoms with E-state index in [9.17, 15) is 0 Å². The standard InChI is InChI=1S/C20H21N9/c1-3-29(4-2)12-5-6-14-15(9-12)26-20(25-14)17-16(10-24-28-17)27-19-13-7-8-21-18(13)22-11-23-19/h5-11H,3-4H2,1-2H3,(H,24,28)(H,25,26)(H2,21,22,23,27). The lowest BCUT2D eigenvalue weighted by atomic mass is 10.2. The highest BCUT2D eigenvalue weighted by Crippen LogP contribution is 2.30. The molecule has 0 atom stereocenters. The van der Waals surface area contributed by atoms with Crippen molar-refractivity contribution in [1.29, 1.82) is 0 Å². The van der Waals surface area contributed by atoms with Crippen LogP contribution in [0.25, 0.3) is 33.6 Å². The van der Waals surface area contributed by atoms with Crippen LogP contribution in [0, 0.1) is 0 Å². The molecule has 0 aliphatic rings. The van der Waals surface area contributed by atoms with Crippen LogP contribution < -0.4 is 10.2 Å². The highest BCUT2D eigenvalue weighted by molar-refractivity contribution is 5.91. The largest absolute Gasteiger partial charge is 0.372 e. The van der Waals surface area contributed by atoms with Crippen LogP contribution in [0.2, 0.25) is 0 Å². The molecule has 5 rings (SSSR count). The van der Waals surface area contributed by atoms with Crippen LogP contribution in [0.3, 0.4) is 0 Å². The quantitative estimate of drug-likeness (QED) is 0.352. The van der Waals surface area contributed by atoms with Crippen molar-refractivity contribution in [3.8, 4) is 11.5 Å². The van der Waals surface area contributed by atoms with Crippen molar-refractivity contribution in [3.63, 3.8) is 0 Å². The number of rotatable bonds is 6. The van der Waals surface area contributed by atoms with Gasteiger partial charge in [0.1, 0.15) is 17.8 Å². The monoisotopic (exact) mass is 387 g/mol.